The maximum absolute atomic E-state index is 12.6. The van der Waals surface area contributed by atoms with Gasteiger partial charge in [-0.2, -0.15) is 0 Å². The first-order valence-electron chi connectivity index (χ1n) is 8.55. The summed E-state index contributed by atoms with van der Waals surface area (Å²) in [5, 5.41) is 10.9. The van der Waals surface area contributed by atoms with Crippen molar-refractivity contribution in [3.8, 4) is 0 Å². The molecule has 8 nitrogen and oxygen atoms in total. The maximum atomic E-state index is 12.6. The number of carbonyl (C=O) groups is 2. The highest BCUT2D eigenvalue weighted by Gasteiger charge is 2.30. The minimum atomic E-state index is -0.460. The molecule has 0 N–H and O–H groups in total. The lowest BCUT2D eigenvalue weighted by atomic mass is 10.1. The van der Waals surface area contributed by atoms with E-state index in [0.717, 1.165) is 37.3 Å². The number of nitro groups is 1. The van der Waals surface area contributed by atoms with Crippen LogP contribution in [-0.4, -0.2) is 70.8 Å². The normalized spacial score (nSPS) is 18.4. The Bertz CT molecular complexity index is 676. The third-order valence-corrected chi connectivity index (χ3v) is 5.79. The van der Waals surface area contributed by atoms with Crippen molar-refractivity contribution < 1.29 is 14.5 Å². The van der Waals surface area contributed by atoms with Crippen molar-refractivity contribution in [3.05, 3.63) is 25.9 Å². The van der Waals surface area contributed by atoms with Crippen LogP contribution in [0.2, 0.25) is 0 Å². The van der Waals surface area contributed by atoms with Crippen molar-refractivity contribution >= 4 is 29.0 Å². The van der Waals surface area contributed by atoms with Gasteiger partial charge in [0.15, 0.2) is 0 Å². The number of hydrogen-bond acceptors (Lipinski definition) is 5. The lowest BCUT2D eigenvalue weighted by molar-refractivity contribution is -0.385. The molecule has 0 bridgehead atoms. The summed E-state index contributed by atoms with van der Waals surface area (Å²) in [5.41, 5.74) is -0.00716. The summed E-state index contributed by atoms with van der Waals surface area (Å²) in [7, 11) is 0. The summed E-state index contributed by atoms with van der Waals surface area (Å²) < 4.78 is 0. The second-order valence-corrected chi connectivity index (χ2v) is 7.68. The van der Waals surface area contributed by atoms with Crippen LogP contribution < -0.4 is 0 Å². The van der Waals surface area contributed by atoms with Gasteiger partial charge in [-0.3, -0.25) is 14.9 Å². The van der Waals surface area contributed by atoms with Crippen LogP contribution in [0.1, 0.15) is 33.8 Å². The van der Waals surface area contributed by atoms with Crippen LogP contribution in [0.4, 0.5) is 10.5 Å². The summed E-state index contributed by atoms with van der Waals surface area (Å²) in [5.74, 6) is -0.189. The molecule has 0 spiro atoms. The Morgan fingerprint density at radius 2 is 1.56 bits per heavy atom. The van der Waals surface area contributed by atoms with E-state index in [0.29, 0.717) is 35.9 Å². The molecule has 0 atom stereocenters. The molecule has 0 aliphatic carbocycles. The van der Waals surface area contributed by atoms with Gasteiger partial charge in [-0.15, -0.1) is 11.3 Å². The average Bonchev–Trinajstić information content (AvgIpc) is 3.03. The molecule has 9 heteroatoms. The number of carbonyl (C=O) groups excluding carboxylic acids is 2. The summed E-state index contributed by atoms with van der Waals surface area (Å²) in [6.07, 6.45) is 3.29. The van der Waals surface area contributed by atoms with Gasteiger partial charge in [-0.1, -0.05) is 0 Å². The number of hydrogen-bond donors (Lipinski definition) is 0. The van der Waals surface area contributed by atoms with Gasteiger partial charge in [0.2, 0.25) is 0 Å². The molecule has 3 amide bonds. The Morgan fingerprint density at radius 1 is 1.00 bits per heavy atom. The fourth-order valence-electron chi connectivity index (χ4n) is 3.30. The van der Waals surface area contributed by atoms with E-state index >= 15 is 0 Å². The summed E-state index contributed by atoms with van der Waals surface area (Å²) in [6.45, 7) is 5.22. The van der Waals surface area contributed by atoms with Gasteiger partial charge in [0.05, 0.1) is 14.7 Å². The molecule has 1 aromatic heterocycles. The van der Waals surface area contributed by atoms with Gasteiger partial charge in [0.1, 0.15) is 0 Å². The van der Waals surface area contributed by atoms with Crippen LogP contribution in [-0.2, 0) is 0 Å². The minimum Gasteiger partial charge on any atom is -0.334 e. The van der Waals surface area contributed by atoms with Gasteiger partial charge in [0, 0.05) is 45.3 Å². The second kappa shape index (κ2) is 7.38. The largest absolute Gasteiger partial charge is 0.334 e. The van der Waals surface area contributed by atoms with Gasteiger partial charge >= 0.3 is 6.03 Å². The Hall–Kier alpha value is -2.16. The molecule has 1 aromatic rings. The van der Waals surface area contributed by atoms with Crippen LogP contribution in [0.3, 0.4) is 0 Å². The number of thiophene rings is 1. The first-order chi connectivity index (χ1) is 12.0. The Balaban J connectivity index is 1.58. The van der Waals surface area contributed by atoms with Gasteiger partial charge < -0.3 is 14.7 Å². The predicted octanol–water partition coefficient (Wildman–Crippen LogP) is 2.33. The second-order valence-electron chi connectivity index (χ2n) is 6.42. The van der Waals surface area contributed by atoms with Crippen LogP contribution >= 0.6 is 11.3 Å². The highest BCUT2D eigenvalue weighted by atomic mass is 32.1. The lowest BCUT2D eigenvalue weighted by Gasteiger charge is -2.38. The number of rotatable bonds is 2. The smallest absolute Gasteiger partial charge is 0.320 e. The summed E-state index contributed by atoms with van der Waals surface area (Å²) in [6, 6.07) is 1.42. The zero-order chi connectivity index (χ0) is 18.0. The molecule has 3 heterocycles. The fourth-order valence-corrected chi connectivity index (χ4v) is 4.26. The van der Waals surface area contributed by atoms with Crippen LogP contribution in [0.5, 0.6) is 0 Å². The average molecular weight is 366 g/mol. The maximum Gasteiger partial charge on any atom is 0.320 e. The van der Waals surface area contributed by atoms with E-state index in [4.69, 9.17) is 0 Å². The molecule has 0 unspecified atom stereocenters. The van der Waals surface area contributed by atoms with Crippen molar-refractivity contribution in [2.45, 2.75) is 26.2 Å². The van der Waals surface area contributed by atoms with Gasteiger partial charge in [-0.05, 0) is 26.2 Å². The SMILES string of the molecule is Cc1sc(C(=O)N2CCN(C(=O)N3CCCCC3)CC2)cc1[N+](=O)[O-]. The summed E-state index contributed by atoms with van der Waals surface area (Å²) in [4.78, 5) is 41.8. The molecule has 0 saturated carbocycles. The number of aryl methyl sites for hydroxylation is 1. The van der Waals surface area contributed by atoms with Crippen LogP contribution in [0, 0.1) is 17.0 Å². The third kappa shape index (κ3) is 3.76. The lowest BCUT2D eigenvalue weighted by Crippen LogP contribution is -2.54. The standard InChI is InChI=1S/C16H22N4O4S/c1-12-13(20(23)24)11-14(25-12)15(21)17-7-9-19(10-8-17)16(22)18-5-3-2-4-6-18/h11H,2-10H2,1H3. The molecule has 3 rings (SSSR count). The quantitative estimate of drug-likeness (QED) is 0.594. The van der Waals surface area contributed by atoms with E-state index in [1.54, 1.807) is 16.7 Å². The summed E-state index contributed by atoms with van der Waals surface area (Å²) >= 11 is 1.15. The van der Waals surface area contributed by atoms with Crippen LogP contribution in [0.15, 0.2) is 6.07 Å². The Labute approximate surface area is 150 Å². The topological polar surface area (TPSA) is 87.0 Å². The van der Waals surface area contributed by atoms with Crippen molar-refractivity contribution in [1.29, 1.82) is 0 Å². The fraction of sp³-hybridized carbons (Fsp3) is 0.625. The first kappa shape index (κ1) is 17.7. The van der Waals surface area contributed by atoms with E-state index in [9.17, 15) is 19.7 Å². The number of piperidine rings is 1. The van der Waals surface area contributed by atoms with Gasteiger partial charge in [0.25, 0.3) is 11.6 Å². The first-order valence-corrected chi connectivity index (χ1v) is 9.37. The molecule has 2 fully saturated rings. The zero-order valence-electron chi connectivity index (χ0n) is 14.3. The van der Waals surface area contributed by atoms with E-state index < -0.39 is 4.92 Å². The van der Waals surface area contributed by atoms with Crippen molar-refractivity contribution in [2.24, 2.45) is 0 Å². The molecule has 2 aliphatic rings. The highest BCUT2D eigenvalue weighted by Crippen LogP contribution is 2.29. The molecule has 0 radical (unpaired) electrons. The Kier molecular flexibility index (Phi) is 5.22. The van der Waals surface area contributed by atoms with Gasteiger partial charge in [-0.25, -0.2) is 4.79 Å². The van der Waals surface area contributed by atoms with Crippen molar-refractivity contribution in [1.82, 2.24) is 14.7 Å². The molecule has 136 valence electrons. The minimum absolute atomic E-state index is 0.00716. The van der Waals surface area contributed by atoms with Crippen molar-refractivity contribution in [3.63, 3.8) is 0 Å². The number of nitrogens with zero attached hydrogens (tertiary/aromatic N) is 4. The molecule has 0 aromatic carbocycles. The Morgan fingerprint density at radius 3 is 2.12 bits per heavy atom. The van der Waals surface area contributed by atoms with Crippen molar-refractivity contribution in [2.75, 3.05) is 39.3 Å². The molecule has 2 aliphatic heterocycles. The number of urea groups is 1. The van der Waals surface area contributed by atoms with Crippen LogP contribution in [0.25, 0.3) is 0 Å². The van der Waals surface area contributed by atoms with E-state index in [2.05, 4.69) is 0 Å². The molecule has 25 heavy (non-hydrogen) atoms. The third-order valence-electron chi connectivity index (χ3n) is 4.76. The molecular formula is C16H22N4O4S. The monoisotopic (exact) mass is 366 g/mol. The molecule has 2 saturated heterocycles. The number of amides is 3. The van der Waals surface area contributed by atoms with E-state index in [1.165, 1.54) is 12.5 Å². The number of likely N-dealkylation sites (tertiary alicyclic amines) is 1. The zero-order valence-corrected chi connectivity index (χ0v) is 15.1. The molecular weight excluding hydrogens is 344 g/mol. The van der Waals surface area contributed by atoms with E-state index in [-0.39, 0.29) is 17.6 Å². The highest BCUT2D eigenvalue weighted by molar-refractivity contribution is 7.14. The number of piperazine rings is 1. The van der Waals surface area contributed by atoms with E-state index in [1.807, 2.05) is 4.90 Å². The predicted molar refractivity (Wildman–Crippen MR) is 94.0 cm³/mol.